The van der Waals surface area contributed by atoms with Gasteiger partial charge in [-0.25, -0.2) is 4.98 Å². The number of hydrogen-bond donors (Lipinski definition) is 3. The van der Waals surface area contributed by atoms with Crippen molar-refractivity contribution in [2.45, 2.75) is 25.4 Å². The number of nitrogens with one attached hydrogen (secondary N) is 3. The van der Waals surface area contributed by atoms with Gasteiger partial charge in [0.15, 0.2) is 0 Å². The second-order valence-electron chi connectivity index (χ2n) is 8.98. The molecule has 2 aromatic carbocycles. The fraction of sp³-hybridized carbons (Fsp3) is 0.400. The van der Waals surface area contributed by atoms with Crippen molar-refractivity contribution in [1.82, 2.24) is 25.3 Å². The Bertz CT molecular complexity index is 1180. The molecular weight excluding hydrogens is 432 g/mol. The normalized spacial score (nSPS) is 19.9. The van der Waals surface area contributed by atoms with E-state index in [1.807, 2.05) is 33.7 Å². The number of aromatic nitrogens is 2. The first kappa shape index (κ1) is 22.5. The molecule has 3 heterocycles. The first-order valence-electron chi connectivity index (χ1n) is 11.7. The van der Waals surface area contributed by atoms with Crippen molar-refractivity contribution >= 4 is 28.5 Å². The van der Waals surface area contributed by atoms with Crippen LogP contribution < -0.4 is 16.2 Å². The molecular formula is C25H30N6O3. The lowest BCUT2D eigenvalue weighted by Gasteiger charge is -2.34. The Morgan fingerprint density at radius 3 is 2.91 bits per heavy atom. The summed E-state index contributed by atoms with van der Waals surface area (Å²) < 4.78 is 6.98. The average Bonchev–Trinajstić information content (AvgIpc) is 3.49. The molecule has 2 aliphatic heterocycles. The number of rotatable bonds is 7. The second kappa shape index (κ2) is 9.92. The molecule has 3 aromatic rings. The van der Waals surface area contributed by atoms with Gasteiger partial charge in [0.1, 0.15) is 6.61 Å². The first-order valence-corrected chi connectivity index (χ1v) is 11.7. The Labute approximate surface area is 198 Å². The number of hydrazine groups is 1. The smallest absolute Gasteiger partial charge is 0.256 e. The third kappa shape index (κ3) is 4.68. The molecule has 0 saturated carbocycles. The van der Waals surface area contributed by atoms with Gasteiger partial charge in [-0.15, -0.1) is 0 Å². The summed E-state index contributed by atoms with van der Waals surface area (Å²) in [4.78, 5) is 32.5. The van der Waals surface area contributed by atoms with E-state index in [0.29, 0.717) is 48.4 Å². The van der Waals surface area contributed by atoms with Crippen LogP contribution in [-0.4, -0.2) is 65.7 Å². The molecule has 5 rings (SSSR count). The van der Waals surface area contributed by atoms with Crippen LogP contribution in [0.3, 0.4) is 0 Å². The van der Waals surface area contributed by atoms with Gasteiger partial charge < -0.3 is 19.5 Å². The third-order valence-electron chi connectivity index (χ3n) is 6.66. The predicted molar refractivity (Wildman–Crippen MR) is 129 cm³/mol. The zero-order valence-corrected chi connectivity index (χ0v) is 19.3. The number of carbonyl (C=O) groups excluding carboxylic acids is 2. The molecule has 0 radical (unpaired) electrons. The summed E-state index contributed by atoms with van der Waals surface area (Å²) in [5.74, 6) is 0.0908. The summed E-state index contributed by atoms with van der Waals surface area (Å²) in [7, 11) is 1.47. The highest BCUT2D eigenvalue weighted by Crippen LogP contribution is 2.28. The number of anilines is 1. The fourth-order valence-electron chi connectivity index (χ4n) is 4.94. The molecule has 2 unspecified atom stereocenters. The monoisotopic (exact) mass is 462 g/mol. The molecule has 3 N–H and O–H groups in total. The van der Waals surface area contributed by atoms with Crippen LogP contribution in [0.4, 0.5) is 5.69 Å². The molecule has 178 valence electrons. The van der Waals surface area contributed by atoms with Crippen molar-refractivity contribution in [2.75, 3.05) is 38.7 Å². The summed E-state index contributed by atoms with van der Waals surface area (Å²) in [6.45, 7) is 2.89. The molecule has 34 heavy (non-hydrogen) atoms. The molecule has 2 aliphatic rings. The number of methoxy groups -OCH3 is 1. The molecule has 2 amide bonds. The Hall–Kier alpha value is -3.27. The van der Waals surface area contributed by atoms with Gasteiger partial charge in [0.25, 0.3) is 5.91 Å². The second-order valence-corrected chi connectivity index (χ2v) is 8.98. The molecule has 2 atom stereocenters. The third-order valence-corrected chi connectivity index (χ3v) is 6.66. The molecule has 1 aromatic heterocycles. The summed E-state index contributed by atoms with van der Waals surface area (Å²) in [5.41, 5.74) is 10.3. The van der Waals surface area contributed by atoms with Gasteiger partial charge in [0.2, 0.25) is 5.91 Å². The highest BCUT2D eigenvalue weighted by Gasteiger charge is 2.35. The van der Waals surface area contributed by atoms with Crippen molar-refractivity contribution in [2.24, 2.45) is 5.92 Å². The molecule has 0 aliphatic carbocycles. The molecule has 2 fully saturated rings. The Morgan fingerprint density at radius 2 is 2.09 bits per heavy atom. The van der Waals surface area contributed by atoms with Crippen molar-refractivity contribution in [3.8, 4) is 0 Å². The summed E-state index contributed by atoms with van der Waals surface area (Å²) >= 11 is 0. The summed E-state index contributed by atoms with van der Waals surface area (Å²) in [6, 6.07) is 14.3. The van der Waals surface area contributed by atoms with Crippen molar-refractivity contribution < 1.29 is 14.3 Å². The van der Waals surface area contributed by atoms with Gasteiger partial charge in [-0.05, 0) is 30.5 Å². The van der Waals surface area contributed by atoms with Gasteiger partial charge in [-0.1, -0.05) is 30.3 Å². The lowest BCUT2D eigenvalue weighted by molar-refractivity contribution is -0.119. The van der Waals surface area contributed by atoms with E-state index in [4.69, 9.17) is 4.74 Å². The van der Waals surface area contributed by atoms with E-state index in [-0.39, 0.29) is 18.4 Å². The maximum atomic E-state index is 13.8. The largest absolute Gasteiger partial charge is 0.375 e. The van der Waals surface area contributed by atoms with Crippen LogP contribution in [0.2, 0.25) is 0 Å². The van der Waals surface area contributed by atoms with E-state index in [0.717, 1.165) is 24.9 Å². The predicted octanol–water partition coefficient (Wildman–Crippen LogP) is 1.80. The standard InChI is InChI=1S/C25H30N6O3/c1-34-15-23(32)28-19-11-20(25(33)30-10-8-21-18(14-30)13-27-29-21)24-22(12-19)26-16-31(24)9-7-17-5-3-2-4-6-17/h2-6,11-12,16,18,21,27,29H,7-10,13-15H2,1H3,(H,28,32). The van der Waals surface area contributed by atoms with Crippen LogP contribution in [0.25, 0.3) is 11.0 Å². The van der Waals surface area contributed by atoms with E-state index in [1.165, 1.54) is 12.7 Å². The molecule has 9 heteroatoms. The van der Waals surface area contributed by atoms with Crippen molar-refractivity contribution in [3.05, 3.63) is 59.9 Å². The lowest BCUT2D eigenvalue weighted by atomic mass is 9.93. The quantitative estimate of drug-likeness (QED) is 0.495. The Morgan fingerprint density at radius 1 is 1.24 bits per heavy atom. The van der Waals surface area contributed by atoms with E-state index >= 15 is 0 Å². The summed E-state index contributed by atoms with van der Waals surface area (Å²) in [6.07, 6.45) is 3.52. The van der Waals surface area contributed by atoms with Crippen LogP contribution in [0.5, 0.6) is 0 Å². The summed E-state index contributed by atoms with van der Waals surface area (Å²) in [5, 5.41) is 2.83. The lowest BCUT2D eigenvalue weighted by Crippen LogP contribution is -2.47. The first-order chi connectivity index (χ1) is 16.6. The number of likely N-dealkylation sites (tertiary alicyclic amines) is 1. The minimum Gasteiger partial charge on any atom is -0.375 e. The van der Waals surface area contributed by atoms with Gasteiger partial charge >= 0.3 is 0 Å². The number of ether oxygens (including phenoxy) is 1. The minimum absolute atomic E-state index is 0.0281. The van der Waals surface area contributed by atoms with Crippen LogP contribution in [0.1, 0.15) is 22.3 Å². The van der Waals surface area contributed by atoms with Crippen molar-refractivity contribution in [3.63, 3.8) is 0 Å². The van der Waals surface area contributed by atoms with Crippen LogP contribution in [0, 0.1) is 5.92 Å². The molecule has 9 nitrogen and oxygen atoms in total. The fourth-order valence-corrected chi connectivity index (χ4v) is 4.94. The van der Waals surface area contributed by atoms with Gasteiger partial charge in [-0.2, -0.15) is 0 Å². The van der Waals surface area contributed by atoms with E-state index in [2.05, 4.69) is 33.3 Å². The number of benzene rings is 2. The van der Waals surface area contributed by atoms with Crippen LogP contribution in [-0.2, 0) is 22.5 Å². The topological polar surface area (TPSA) is 101 Å². The number of aryl methyl sites for hydroxylation is 2. The minimum atomic E-state index is -0.271. The number of fused-ring (bicyclic) bond motifs is 2. The number of carbonyl (C=O) groups is 2. The highest BCUT2D eigenvalue weighted by molar-refractivity contribution is 6.07. The number of hydrogen-bond acceptors (Lipinski definition) is 6. The van der Waals surface area contributed by atoms with Crippen LogP contribution >= 0.6 is 0 Å². The number of nitrogens with zero attached hydrogens (tertiary/aromatic N) is 3. The average molecular weight is 463 g/mol. The van der Waals surface area contributed by atoms with E-state index in [9.17, 15) is 9.59 Å². The molecule has 2 saturated heterocycles. The Kier molecular flexibility index (Phi) is 6.57. The van der Waals surface area contributed by atoms with E-state index < -0.39 is 0 Å². The van der Waals surface area contributed by atoms with Crippen molar-refractivity contribution in [1.29, 1.82) is 0 Å². The highest BCUT2D eigenvalue weighted by atomic mass is 16.5. The number of imidazole rings is 1. The van der Waals surface area contributed by atoms with Gasteiger partial charge in [0.05, 0.1) is 22.9 Å². The molecule has 0 spiro atoms. The number of amides is 2. The Balaban J connectivity index is 1.47. The van der Waals surface area contributed by atoms with Crippen LogP contribution in [0.15, 0.2) is 48.8 Å². The number of piperidine rings is 1. The SMILES string of the molecule is COCC(=O)Nc1cc(C(=O)N2CCC3NNCC3C2)c2c(c1)ncn2CCc1ccccc1. The zero-order chi connectivity index (χ0) is 23.5. The van der Waals surface area contributed by atoms with Gasteiger partial charge in [-0.3, -0.25) is 20.4 Å². The van der Waals surface area contributed by atoms with Gasteiger partial charge in [0, 0.05) is 50.9 Å². The maximum absolute atomic E-state index is 13.8. The molecule has 0 bridgehead atoms. The maximum Gasteiger partial charge on any atom is 0.256 e. The van der Waals surface area contributed by atoms with E-state index in [1.54, 1.807) is 12.4 Å². The zero-order valence-electron chi connectivity index (χ0n) is 19.3.